The molecule has 0 aliphatic carbocycles. The van der Waals surface area contributed by atoms with E-state index in [1.165, 1.54) is 12.1 Å². The van der Waals surface area contributed by atoms with E-state index in [0.29, 0.717) is 0 Å². The van der Waals surface area contributed by atoms with Crippen molar-refractivity contribution in [3.63, 3.8) is 0 Å². The fourth-order valence-corrected chi connectivity index (χ4v) is 3.60. The highest BCUT2D eigenvalue weighted by Crippen LogP contribution is 2.18. The number of aliphatic imine (C=N–C) groups is 1. The molecule has 0 aromatic carbocycles. The highest BCUT2D eigenvalue weighted by molar-refractivity contribution is 14.0. The van der Waals surface area contributed by atoms with Gasteiger partial charge >= 0.3 is 5.97 Å². The van der Waals surface area contributed by atoms with E-state index in [4.69, 9.17) is 9.73 Å². The number of thiazole rings is 1. The average molecular weight is 480 g/mol. The summed E-state index contributed by atoms with van der Waals surface area (Å²) in [5.41, 5.74) is 1.13. The van der Waals surface area contributed by atoms with Crippen molar-refractivity contribution in [2.75, 3.05) is 33.3 Å². The van der Waals surface area contributed by atoms with Gasteiger partial charge in [-0.3, -0.25) is 9.79 Å². The minimum atomic E-state index is -0.0909. The normalized spacial score (nSPS) is 15.6. The first-order valence-electron chi connectivity index (χ1n) is 8.72. The van der Waals surface area contributed by atoms with Crippen molar-refractivity contribution in [2.24, 2.45) is 10.9 Å². The molecule has 1 aromatic rings. The van der Waals surface area contributed by atoms with Gasteiger partial charge in [-0.15, -0.1) is 35.3 Å². The fourth-order valence-electron chi connectivity index (χ4n) is 2.82. The lowest BCUT2D eigenvalue weighted by Crippen LogP contribution is -2.46. The summed E-state index contributed by atoms with van der Waals surface area (Å²) in [4.78, 5) is 23.2. The molecule has 0 atom stereocenters. The SMILES string of the molecule is CCNC(=NCCc1csc(CC)n1)N1CCC(C(=O)OC)CC1.I. The molecule has 25 heavy (non-hydrogen) atoms. The summed E-state index contributed by atoms with van der Waals surface area (Å²) in [7, 11) is 1.46. The van der Waals surface area contributed by atoms with Gasteiger partial charge in [0.1, 0.15) is 0 Å². The molecule has 1 N–H and O–H groups in total. The Hall–Kier alpha value is -0.900. The molecule has 1 aromatic heterocycles. The van der Waals surface area contributed by atoms with Crippen LogP contribution >= 0.6 is 35.3 Å². The summed E-state index contributed by atoms with van der Waals surface area (Å²) in [5, 5.41) is 6.67. The number of ether oxygens (including phenoxy) is 1. The summed E-state index contributed by atoms with van der Waals surface area (Å²) in [5.74, 6) is 0.871. The molecule has 2 heterocycles. The molecule has 1 saturated heterocycles. The van der Waals surface area contributed by atoms with Gasteiger partial charge in [0.25, 0.3) is 0 Å². The van der Waals surface area contributed by atoms with Gasteiger partial charge < -0.3 is 15.0 Å². The van der Waals surface area contributed by atoms with Gasteiger partial charge in [-0.1, -0.05) is 6.92 Å². The lowest BCUT2D eigenvalue weighted by molar-refractivity contribution is -0.146. The third-order valence-corrected chi connectivity index (χ3v) is 5.24. The monoisotopic (exact) mass is 480 g/mol. The number of rotatable bonds is 6. The first kappa shape index (κ1) is 22.1. The molecule has 0 unspecified atom stereocenters. The summed E-state index contributed by atoms with van der Waals surface area (Å²) in [6, 6.07) is 0. The number of hydrogen-bond donors (Lipinski definition) is 1. The Morgan fingerprint density at radius 3 is 2.72 bits per heavy atom. The molecule has 1 aliphatic heterocycles. The van der Waals surface area contributed by atoms with Crippen molar-refractivity contribution in [3.8, 4) is 0 Å². The number of nitrogens with one attached hydrogen (secondary N) is 1. The van der Waals surface area contributed by atoms with Crippen LogP contribution in [0.3, 0.4) is 0 Å². The van der Waals surface area contributed by atoms with E-state index in [9.17, 15) is 4.79 Å². The van der Waals surface area contributed by atoms with Gasteiger partial charge in [0.15, 0.2) is 5.96 Å². The van der Waals surface area contributed by atoms with E-state index in [1.807, 2.05) is 0 Å². The van der Waals surface area contributed by atoms with Crippen LogP contribution in [0, 0.1) is 5.92 Å². The Kier molecular flexibility index (Phi) is 10.3. The van der Waals surface area contributed by atoms with Crippen LogP contribution in [0.5, 0.6) is 0 Å². The number of aromatic nitrogens is 1. The third-order valence-electron chi connectivity index (χ3n) is 4.20. The van der Waals surface area contributed by atoms with Crippen LogP contribution in [0.1, 0.15) is 37.4 Å². The molecular weight excluding hydrogens is 451 g/mol. The Morgan fingerprint density at radius 2 is 2.16 bits per heavy atom. The highest BCUT2D eigenvalue weighted by atomic mass is 127. The Morgan fingerprint density at radius 1 is 1.44 bits per heavy atom. The first-order chi connectivity index (χ1) is 11.7. The standard InChI is InChI=1S/C17H28N4O2S.HI/c1-4-15-20-14(12-24-15)6-9-19-17(18-5-2)21-10-7-13(8-11-21)16(22)23-3;/h12-13H,4-11H2,1-3H3,(H,18,19);1H. The van der Waals surface area contributed by atoms with E-state index in [-0.39, 0.29) is 35.9 Å². The zero-order valence-corrected chi connectivity index (χ0v) is 18.4. The smallest absolute Gasteiger partial charge is 0.308 e. The minimum Gasteiger partial charge on any atom is -0.469 e. The van der Waals surface area contributed by atoms with Gasteiger partial charge in [0.2, 0.25) is 0 Å². The molecule has 1 fully saturated rings. The quantitative estimate of drug-likeness (QED) is 0.294. The van der Waals surface area contributed by atoms with Gasteiger partial charge in [-0.05, 0) is 26.2 Å². The van der Waals surface area contributed by atoms with Crippen molar-refractivity contribution in [1.29, 1.82) is 0 Å². The number of methoxy groups -OCH3 is 1. The average Bonchev–Trinajstić information content (AvgIpc) is 3.08. The predicted octanol–water partition coefficient (Wildman–Crippen LogP) is 2.72. The van der Waals surface area contributed by atoms with Crippen LogP contribution in [0.2, 0.25) is 0 Å². The van der Waals surface area contributed by atoms with Crippen molar-refractivity contribution < 1.29 is 9.53 Å². The van der Waals surface area contributed by atoms with E-state index in [0.717, 1.165) is 63.5 Å². The molecule has 0 saturated carbocycles. The lowest BCUT2D eigenvalue weighted by atomic mass is 9.97. The number of nitrogens with zero attached hydrogens (tertiary/aromatic N) is 3. The maximum Gasteiger partial charge on any atom is 0.308 e. The molecule has 0 spiro atoms. The second-order valence-corrected chi connectivity index (χ2v) is 6.80. The molecule has 142 valence electrons. The molecule has 6 nitrogen and oxygen atoms in total. The lowest BCUT2D eigenvalue weighted by Gasteiger charge is -2.33. The molecule has 8 heteroatoms. The first-order valence-corrected chi connectivity index (χ1v) is 9.60. The number of carbonyl (C=O) groups is 1. The van der Waals surface area contributed by atoms with Crippen LogP contribution in [-0.4, -0.2) is 55.1 Å². The number of piperidine rings is 1. The van der Waals surface area contributed by atoms with E-state index < -0.39 is 0 Å². The molecule has 2 rings (SSSR count). The van der Waals surface area contributed by atoms with Crippen molar-refractivity contribution in [3.05, 3.63) is 16.1 Å². The fraction of sp³-hybridized carbons (Fsp3) is 0.706. The van der Waals surface area contributed by atoms with Gasteiger partial charge in [-0.2, -0.15) is 0 Å². The van der Waals surface area contributed by atoms with Crippen LogP contribution in [0.15, 0.2) is 10.4 Å². The number of aryl methyl sites for hydroxylation is 1. The van der Waals surface area contributed by atoms with Gasteiger partial charge in [0, 0.05) is 38.0 Å². The second-order valence-electron chi connectivity index (χ2n) is 5.86. The van der Waals surface area contributed by atoms with Gasteiger partial charge in [0.05, 0.1) is 23.7 Å². The van der Waals surface area contributed by atoms with Crippen LogP contribution in [0.25, 0.3) is 0 Å². The summed E-state index contributed by atoms with van der Waals surface area (Å²) < 4.78 is 4.85. The number of hydrogen-bond acceptors (Lipinski definition) is 5. The van der Waals surface area contributed by atoms with Crippen molar-refractivity contribution >= 4 is 47.2 Å². The second kappa shape index (κ2) is 11.7. The van der Waals surface area contributed by atoms with Crippen LogP contribution in [-0.2, 0) is 22.4 Å². The zero-order chi connectivity index (χ0) is 17.4. The number of halogens is 1. The van der Waals surface area contributed by atoms with E-state index in [2.05, 4.69) is 34.4 Å². The summed E-state index contributed by atoms with van der Waals surface area (Å²) in [6.07, 6.45) is 3.50. The Balaban J connectivity index is 0.00000312. The predicted molar refractivity (Wildman–Crippen MR) is 113 cm³/mol. The minimum absolute atomic E-state index is 0. The highest BCUT2D eigenvalue weighted by Gasteiger charge is 2.26. The van der Waals surface area contributed by atoms with Crippen molar-refractivity contribution in [1.82, 2.24) is 15.2 Å². The number of carbonyl (C=O) groups excluding carboxylic acids is 1. The van der Waals surface area contributed by atoms with Gasteiger partial charge in [-0.25, -0.2) is 4.98 Å². The zero-order valence-electron chi connectivity index (χ0n) is 15.3. The molecule has 0 bridgehead atoms. The number of guanidine groups is 1. The molecule has 0 radical (unpaired) electrons. The van der Waals surface area contributed by atoms with Crippen LogP contribution < -0.4 is 5.32 Å². The van der Waals surface area contributed by atoms with E-state index in [1.54, 1.807) is 11.3 Å². The number of esters is 1. The Bertz CT molecular complexity index is 557. The van der Waals surface area contributed by atoms with E-state index >= 15 is 0 Å². The Labute approximate surface area is 171 Å². The molecule has 0 amide bonds. The maximum absolute atomic E-state index is 11.6. The maximum atomic E-state index is 11.6. The number of likely N-dealkylation sites (tertiary alicyclic amines) is 1. The summed E-state index contributed by atoms with van der Waals surface area (Å²) in [6.45, 7) is 7.44. The van der Waals surface area contributed by atoms with Crippen LogP contribution in [0.4, 0.5) is 0 Å². The molecular formula is C17H29IN4O2S. The molecule has 1 aliphatic rings. The van der Waals surface area contributed by atoms with Crippen molar-refractivity contribution in [2.45, 2.75) is 39.5 Å². The summed E-state index contributed by atoms with van der Waals surface area (Å²) >= 11 is 1.72. The largest absolute Gasteiger partial charge is 0.469 e. The third kappa shape index (κ3) is 6.73. The topological polar surface area (TPSA) is 66.8 Å².